The van der Waals surface area contributed by atoms with Crippen molar-refractivity contribution >= 4 is 17.2 Å². The Morgan fingerprint density at radius 3 is 2.58 bits per heavy atom. The number of hydrazone groups is 1. The van der Waals surface area contributed by atoms with Crippen LogP contribution in [0.15, 0.2) is 52.3 Å². The molecule has 0 aliphatic carbocycles. The van der Waals surface area contributed by atoms with Crippen molar-refractivity contribution < 1.29 is 9.84 Å². The Labute approximate surface area is 159 Å². The number of hydrogen-bond donors (Lipinski definition) is 2. The van der Waals surface area contributed by atoms with Crippen molar-refractivity contribution in [1.29, 1.82) is 0 Å². The van der Waals surface area contributed by atoms with Gasteiger partial charge in [0.15, 0.2) is 6.23 Å². The number of nitrogens with zero attached hydrogens (tertiary/aromatic N) is 2. The van der Waals surface area contributed by atoms with Crippen LogP contribution in [0.1, 0.15) is 44.7 Å². The van der Waals surface area contributed by atoms with Crippen LogP contribution < -0.4 is 5.73 Å². The fraction of sp³-hybridized carbons (Fsp3) is 0.450. The van der Waals surface area contributed by atoms with E-state index in [2.05, 4.69) is 0 Å². The second-order valence-corrected chi connectivity index (χ2v) is 8.43. The Kier molecular flexibility index (Phi) is 5.37. The summed E-state index contributed by atoms with van der Waals surface area (Å²) in [5.41, 5.74) is 6.43. The number of thiophene rings is 1. The Bertz CT molecular complexity index is 740. The monoisotopic (exact) mass is 373 g/mol. The van der Waals surface area contributed by atoms with E-state index in [1.54, 1.807) is 16.3 Å². The zero-order valence-corrected chi connectivity index (χ0v) is 16.4. The third-order valence-electron chi connectivity index (χ3n) is 4.55. The van der Waals surface area contributed by atoms with Crippen LogP contribution in [-0.4, -0.2) is 28.8 Å². The molecular weight excluding hydrogens is 346 g/mol. The molecule has 0 saturated heterocycles. The summed E-state index contributed by atoms with van der Waals surface area (Å²) in [5, 5.41) is 21.6. The van der Waals surface area contributed by atoms with Crippen LogP contribution in [0.2, 0.25) is 0 Å². The number of aliphatic hydroxyl groups is 1. The first-order valence-electron chi connectivity index (χ1n) is 8.92. The Morgan fingerprint density at radius 2 is 2.00 bits per heavy atom. The standard InChI is InChI=1S/C20H27N3O2S/c1-19(2,3)18(24)23-20(11-7-12-21,16-8-5-4-6-9-16)25-17(22-23)15-10-13-26-14-15/h4-6,8-10,13-14,18,24H,7,11-12,21H2,1-3H3. The number of aliphatic hydroxyl groups excluding tert-OH is 1. The quantitative estimate of drug-likeness (QED) is 0.810. The van der Waals surface area contributed by atoms with Crippen LogP contribution in [0, 0.1) is 5.41 Å². The minimum Gasteiger partial charge on any atom is -0.443 e. The molecule has 2 aromatic rings. The van der Waals surface area contributed by atoms with Gasteiger partial charge in [0.1, 0.15) is 0 Å². The minimum atomic E-state index is -0.870. The van der Waals surface area contributed by atoms with Gasteiger partial charge in [-0.1, -0.05) is 51.1 Å². The van der Waals surface area contributed by atoms with Crippen molar-refractivity contribution in [2.75, 3.05) is 6.54 Å². The van der Waals surface area contributed by atoms with Crippen LogP contribution in [-0.2, 0) is 10.5 Å². The number of nitrogens with two attached hydrogens (primary N) is 1. The molecule has 0 bridgehead atoms. The molecule has 1 aliphatic heterocycles. The number of hydrogen-bond acceptors (Lipinski definition) is 6. The van der Waals surface area contributed by atoms with Crippen molar-refractivity contribution in [3.05, 3.63) is 58.3 Å². The van der Waals surface area contributed by atoms with Gasteiger partial charge in [-0.15, -0.1) is 5.10 Å². The molecule has 2 heterocycles. The Hall–Kier alpha value is -1.89. The summed E-state index contributed by atoms with van der Waals surface area (Å²) in [4.78, 5) is 0. The zero-order chi connectivity index (χ0) is 18.8. The second kappa shape index (κ2) is 7.39. The molecule has 0 spiro atoms. The van der Waals surface area contributed by atoms with E-state index in [0.29, 0.717) is 18.9 Å². The van der Waals surface area contributed by atoms with Crippen molar-refractivity contribution in [1.82, 2.24) is 5.01 Å². The Balaban J connectivity index is 2.10. The van der Waals surface area contributed by atoms with Gasteiger partial charge < -0.3 is 15.6 Å². The van der Waals surface area contributed by atoms with Gasteiger partial charge in [-0.2, -0.15) is 11.3 Å². The van der Waals surface area contributed by atoms with Gasteiger partial charge in [0.2, 0.25) is 11.6 Å². The summed E-state index contributed by atoms with van der Waals surface area (Å²) in [5.74, 6) is 0.537. The summed E-state index contributed by atoms with van der Waals surface area (Å²) in [7, 11) is 0. The molecule has 2 atom stereocenters. The average Bonchev–Trinajstić information content (AvgIpc) is 3.27. The fourth-order valence-corrected chi connectivity index (χ4v) is 3.70. The summed E-state index contributed by atoms with van der Waals surface area (Å²) in [6, 6.07) is 12.0. The van der Waals surface area contributed by atoms with Gasteiger partial charge in [-0.05, 0) is 24.4 Å². The van der Waals surface area contributed by atoms with Crippen LogP contribution in [0.25, 0.3) is 0 Å². The Morgan fingerprint density at radius 1 is 1.27 bits per heavy atom. The maximum absolute atomic E-state index is 11.1. The van der Waals surface area contributed by atoms with E-state index in [1.165, 1.54) is 0 Å². The van der Waals surface area contributed by atoms with Crippen molar-refractivity contribution in [2.24, 2.45) is 16.3 Å². The predicted molar refractivity (Wildman–Crippen MR) is 106 cm³/mol. The van der Waals surface area contributed by atoms with E-state index in [0.717, 1.165) is 17.5 Å². The fourth-order valence-electron chi connectivity index (χ4n) is 3.07. The van der Waals surface area contributed by atoms with E-state index in [1.807, 2.05) is 67.9 Å². The van der Waals surface area contributed by atoms with Crippen LogP contribution in [0.3, 0.4) is 0 Å². The highest BCUT2D eigenvalue weighted by molar-refractivity contribution is 7.08. The number of rotatable bonds is 6. The summed E-state index contributed by atoms with van der Waals surface area (Å²) in [6.45, 7) is 6.53. The first-order valence-corrected chi connectivity index (χ1v) is 9.86. The summed E-state index contributed by atoms with van der Waals surface area (Å²) < 4.78 is 6.48. The molecular formula is C20H27N3O2S. The lowest BCUT2D eigenvalue weighted by atomic mass is 9.90. The van der Waals surface area contributed by atoms with E-state index in [9.17, 15) is 5.11 Å². The zero-order valence-electron chi connectivity index (χ0n) is 15.6. The van der Waals surface area contributed by atoms with Gasteiger partial charge >= 0.3 is 0 Å². The van der Waals surface area contributed by atoms with Gasteiger partial charge in [0.25, 0.3) is 0 Å². The third kappa shape index (κ3) is 3.49. The highest BCUT2D eigenvalue weighted by Gasteiger charge is 2.51. The van der Waals surface area contributed by atoms with Crippen LogP contribution >= 0.6 is 11.3 Å². The molecule has 3 rings (SSSR count). The van der Waals surface area contributed by atoms with Gasteiger partial charge in [-0.3, -0.25) is 0 Å². The molecule has 140 valence electrons. The van der Waals surface area contributed by atoms with Crippen molar-refractivity contribution in [2.45, 2.75) is 45.6 Å². The normalized spacial score (nSPS) is 21.4. The molecule has 0 saturated carbocycles. The second-order valence-electron chi connectivity index (χ2n) is 7.65. The molecule has 0 amide bonds. The average molecular weight is 374 g/mol. The van der Waals surface area contributed by atoms with Gasteiger partial charge in [-0.25, -0.2) is 5.01 Å². The molecule has 1 aliphatic rings. The lowest BCUT2D eigenvalue weighted by Crippen LogP contribution is -2.51. The minimum absolute atomic E-state index is 0.389. The van der Waals surface area contributed by atoms with E-state index >= 15 is 0 Å². The first kappa shape index (κ1) is 18.9. The SMILES string of the molecule is CC(C)(C)C(O)N1N=C(c2ccsc2)OC1(CCCN)c1ccccc1. The molecule has 5 nitrogen and oxygen atoms in total. The lowest BCUT2D eigenvalue weighted by molar-refractivity contribution is -0.186. The van der Waals surface area contributed by atoms with Crippen LogP contribution in [0.4, 0.5) is 0 Å². The van der Waals surface area contributed by atoms with E-state index in [-0.39, 0.29) is 5.41 Å². The highest BCUT2D eigenvalue weighted by Crippen LogP contribution is 2.44. The van der Waals surface area contributed by atoms with Crippen molar-refractivity contribution in [3.8, 4) is 0 Å². The first-order chi connectivity index (χ1) is 12.4. The largest absolute Gasteiger partial charge is 0.443 e. The van der Waals surface area contributed by atoms with Crippen LogP contribution in [0.5, 0.6) is 0 Å². The predicted octanol–water partition coefficient (Wildman–Crippen LogP) is 3.70. The number of ether oxygens (including phenoxy) is 1. The molecule has 1 aromatic heterocycles. The molecule has 26 heavy (non-hydrogen) atoms. The maximum atomic E-state index is 11.1. The summed E-state index contributed by atoms with van der Waals surface area (Å²) in [6.07, 6.45) is 0.587. The molecule has 0 radical (unpaired) electrons. The maximum Gasteiger partial charge on any atom is 0.241 e. The smallest absolute Gasteiger partial charge is 0.241 e. The lowest BCUT2D eigenvalue weighted by Gasteiger charge is -2.43. The molecule has 3 N–H and O–H groups in total. The highest BCUT2D eigenvalue weighted by atomic mass is 32.1. The molecule has 1 aromatic carbocycles. The third-order valence-corrected chi connectivity index (χ3v) is 5.24. The molecule has 6 heteroatoms. The van der Waals surface area contributed by atoms with Gasteiger partial charge in [0.05, 0.1) is 0 Å². The number of benzene rings is 1. The summed E-state index contributed by atoms with van der Waals surface area (Å²) >= 11 is 1.59. The molecule has 0 fully saturated rings. The van der Waals surface area contributed by atoms with Crippen molar-refractivity contribution in [3.63, 3.8) is 0 Å². The molecule has 2 unspecified atom stereocenters. The van der Waals surface area contributed by atoms with E-state index < -0.39 is 12.0 Å². The van der Waals surface area contributed by atoms with E-state index in [4.69, 9.17) is 15.6 Å². The topological polar surface area (TPSA) is 71.1 Å². The van der Waals surface area contributed by atoms with Gasteiger partial charge in [0, 0.05) is 28.3 Å².